The van der Waals surface area contributed by atoms with E-state index in [1.807, 2.05) is 0 Å². The van der Waals surface area contributed by atoms with E-state index in [0.29, 0.717) is 6.04 Å². The van der Waals surface area contributed by atoms with Crippen LogP contribution in [0.3, 0.4) is 0 Å². The van der Waals surface area contributed by atoms with E-state index in [1.54, 1.807) is 0 Å². The average Bonchev–Trinajstić information content (AvgIpc) is 2.10. The second kappa shape index (κ2) is 5.86. The fourth-order valence-corrected chi connectivity index (χ4v) is 1.75. The zero-order chi connectivity index (χ0) is 12.1. The van der Waals surface area contributed by atoms with Crippen molar-refractivity contribution in [3.63, 3.8) is 0 Å². The molecular formula is C13H30N2. The van der Waals surface area contributed by atoms with Gasteiger partial charge in [-0.1, -0.05) is 13.8 Å². The summed E-state index contributed by atoms with van der Waals surface area (Å²) in [6.45, 7) is 13.2. The summed E-state index contributed by atoms with van der Waals surface area (Å²) in [5, 5.41) is 3.71. The van der Waals surface area contributed by atoms with Gasteiger partial charge in [0.1, 0.15) is 0 Å². The van der Waals surface area contributed by atoms with E-state index in [9.17, 15) is 0 Å². The summed E-state index contributed by atoms with van der Waals surface area (Å²) in [7, 11) is 0. The summed E-state index contributed by atoms with van der Waals surface area (Å²) < 4.78 is 0. The Balaban J connectivity index is 4.06. The molecule has 0 saturated carbocycles. The van der Waals surface area contributed by atoms with Crippen molar-refractivity contribution in [3.8, 4) is 0 Å². The van der Waals surface area contributed by atoms with Crippen LogP contribution in [0, 0.1) is 0 Å². The van der Waals surface area contributed by atoms with Gasteiger partial charge in [-0.3, -0.25) is 0 Å². The van der Waals surface area contributed by atoms with Gasteiger partial charge in [-0.15, -0.1) is 0 Å². The maximum absolute atomic E-state index is 6.01. The van der Waals surface area contributed by atoms with Gasteiger partial charge >= 0.3 is 0 Å². The van der Waals surface area contributed by atoms with Gasteiger partial charge < -0.3 is 11.1 Å². The lowest BCUT2D eigenvalue weighted by atomic mass is 9.89. The SMILES string of the molecule is CCC(CC)NC(C)(C)CCC(C)(C)N. The Kier molecular flexibility index (Phi) is 5.82. The lowest BCUT2D eigenvalue weighted by Gasteiger charge is -2.33. The smallest absolute Gasteiger partial charge is 0.0128 e. The highest BCUT2D eigenvalue weighted by Gasteiger charge is 2.23. The monoisotopic (exact) mass is 214 g/mol. The van der Waals surface area contributed by atoms with Gasteiger partial charge in [0.2, 0.25) is 0 Å². The van der Waals surface area contributed by atoms with Crippen molar-refractivity contribution in [3.05, 3.63) is 0 Å². The van der Waals surface area contributed by atoms with Crippen LogP contribution >= 0.6 is 0 Å². The maximum atomic E-state index is 6.01. The van der Waals surface area contributed by atoms with Crippen LogP contribution in [-0.4, -0.2) is 17.1 Å². The van der Waals surface area contributed by atoms with Gasteiger partial charge in [-0.25, -0.2) is 0 Å². The molecule has 2 nitrogen and oxygen atoms in total. The number of rotatable bonds is 7. The number of nitrogens with one attached hydrogen (secondary N) is 1. The van der Waals surface area contributed by atoms with Crippen molar-refractivity contribution in [2.45, 2.75) is 84.3 Å². The highest BCUT2D eigenvalue weighted by atomic mass is 15.0. The Morgan fingerprint density at radius 2 is 1.47 bits per heavy atom. The highest BCUT2D eigenvalue weighted by Crippen LogP contribution is 2.18. The quantitative estimate of drug-likeness (QED) is 0.683. The molecule has 0 aromatic heterocycles. The zero-order valence-electron chi connectivity index (χ0n) is 11.5. The molecule has 0 aliphatic rings. The number of hydrogen-bond donors (Lipinski definition) is 2. The van der Waals surface area contributed by atoms with Gasteiger partial charge in [-0.05, 0) is 53.4 Å². The van der Waals surface area contributed by atoms with Crippen LogP contribution in [0.25, 0.3) is 0 Å². The molecule has 0 heterocycles. The lowest BCUT2D eigenvalue weighted by molar-refractivity contribution is 0.275. The summed E-state index contributed by atoms with van der Waals surface area (Å²) in [6, 6.07) is 0.640. The van der Waals surface area contributed by atoms with Crippen molar-refractivity contribution < 1.29 is 0 Å². The summed E-state index contributed by atoms with van der Waals surface area (Å²) in [6.07, 6.45) is 4.60. The van der Waals surface area contributed by atoms with Crippen molar-refractivity contribution in [2.24, 2.45) is 5.73 Å². The van der Waals surface area contributed by atoms with Crippen LogP contribution in [0.5, 0.6) is 0 Å². The van der Waals surface area contributed by atoms with E-state index in [4.69, 9.17) is 5.73 Å². The van der Waals surface area contributed by atoms with Crippen molar-refractivity contribution in [2.75, 3.05) is 0 Å². The second-order valence-corrected chi connectivity index (χ2v) is 6.03. The minimum atomic E-state index is -0.0487. The third kappa shape index (κ3) is 7.80. The molecule has 0 fully saturated rings. The molecule has 0 saturated heterocycles. The number of hydrogen-bond acceptors (Lipinski definition) is 2. The fraction of sp³-hybridized carbons (Fsp3) is 1.00. The van der Waals surface area contributed by atoms with Crippen molar-refractivity contribution >= 4 is 0 Å². The molecule has 0 aliphatic heterocycles. The highest BCUT2D eigenvalue weighted by molar-refractivity contribution is 4.85. The Hall–Kier alpha value is -0.0800. The summed E-state index contributed by atoms with van der Waals surface area (Å²) in [5.41, 5.74) is 6.16. The minimum absolute atomic E-state index is 0.0487. The molecule has 0 radical (unpaired) electrons. The van der Waals surface area contributed by atoms with Crippen LogP contribution in [0.4, 0.5) is 0 Å². The third-order valence-electron chi connectivity index (χ3n) is 2.97. The molecular weight excluding hydrogens is 184 g/mol. The number of nitrogens with two attached hydrogens (primary N) is 1. The molecule has 15 heavy (non-hydrogen) atoms. The van der Waals surface area contributed by atoms with E-state index in [2.05, 4.69) is 46.9 Å². The summed E-state index contributed by atoms with van der Waals surface area (Å²) in [4.78, 5) is 0. The first-order valence-electron chi connectivity index (χ1n) is 6.27. The molecule has 0 atom stereocenters. The van der Waals surface area contributed by atoms with Crippen molar-refractivity contribution in [1.29, 1.82) is 0 Å². The Bertz CT molecular complexity index is 164. The minimum Gasteiger partial charge on any atom is -0.326 e. The largest absolute Gasteiger partial charge is 0.326 e. The normalized spacial score (nSPS) is 13.6. The van der Waals surface area contributed by atoms with Crippen LogP contribution in [0.2, 0.25) is 0 Å². The molecule has 0 unspecified atom stereocenters. The standard InChI is InChI=1S/C13H30N2/c1-7-11(8-2)15-13(5,6)10-9-12(3,4)14/h11,15H,7-10,14H2,1-6H3. The predicted octanol–water partition coefficient (Wildman–Crippen LogP) is 3.06. The average molecular weight is 214 g/mol. The Morgan fingerprint density at radius 3 is 1.80 bits per heavy atom. The molecule has 0 aromatic rings. The molecule has 3 N–H and O–H groups in total. The third-order valence-corrected chi connectivity index (χ3v) is 2.97. The molecule has 0 rings (SSSR count). The lowest BCUT2D eigenvalue weighted by Crippen LogP contribution is -2.47. The molecule has 2 heteroatoms. The van der Waals surface area contributed by atoms with Gasteiger partial charge in [0.15, 0.2) is 0 Å². The molecule has 0 spiro atoms. The molecule has 0 aromatic carbocycles. The predicted molar refractivity (Wildman–Crippen MR) is 69.1 cm³/mol. The molecule has 0 bridgehead atoms. The molecule has 92 valence electrons. The Labute approximate surface area is 96.0 Å². The van der Waals surface area contributed by atoms with Crippen LogP contribution in [0.1, 0.15) is 67.2 Å². The van der Waals surface area contributed by atoms with Crippen LogP contribution in [0.15, 0.2) is 0 Å². The van der Waals surface area contributed by atoms with Gasteiger partial charge in [0.05, 0.1) is 0 Å². The van der Waals surface area contributed by atoms with Crippen LogP contribution in [-0.2, 0) is 0 Å². The van der Waals surface area contributed by atoms with Gasteiger partial charge in [0.25, 0.3) is 0 Å². The van der Waals surface area contributed by atoms with E-state index in [-0.39, 0.29) is 11.1 Å². The second-order valence-electron chi connectivity index (χ2n) is 6.03. The molecule has 0 aliphatic carbocycles. The van der Waals surface area contributed by atoms with E-state index in [0.717, 1.165) is 12.8 Å². The van der Waals surface area contributed by atoms with E-state index >= 15 is 0 Å². The summed E-state index contributed by atoms with van der Waals surface area (Å²) >= 11 is 0. The van der Waals surface area contributed by atoms with Crippen molar-refractivity contribution in [1.82, 2.24) is 5.32 Å². The molecule has 0 amide bonds. The van der Waals surface area contributed by atoms with Crippen LogP contribution < -0.4 is 11.1 Å². The summed E-state index contributed by atoms with van der Waals surface area (Å²) in [5.74, 6) is 0. The topological polar surface area (TPSA) is 38.0 Å². The first-order chi connectivity index (χ1) is 6.70. The van der Waals surface area contributed by atoms with E-state index < -0.39 is 0 Å². The zero-order valence-corrected chi connectivity index (χ0v) is 11.5. The maximum Gasteiger partial charge on any atom is 0.0128 e. The first-order valence-corrected chi connectivity index (χ1v) is 6.27. The van der Waals surface area contributed by atoms with Gasteiger partial charge in [-0.2, -0.15) is 0 Å². The Morgan fingerprint density at radius 1 is 1.00 bits per heavy atom. The fourth-order valence-electron chi connectivity index (χ4n) is 1.75. The first kappa shape index (κ1) is 14.9. The van der Waals surface area contributed by atoms with E-state index in [1.165, 1.54) is 12.8 Å². The van der Waals surface area contributed by atoms with Gasteiger partial charge in [0, 0.05) is 17.1 Å².